The highest BCUT2D eigenvalue weighted by Crippen LogP contribution is 2.30. The lowest BCUT2D eigenvalue weighted by Gasteiger charge is -2.14. The van der Waals surface area contributed by atoms with Crippen molar-refractivity contribution in [3.8, 4) is 6.01 Å². The van der Waals surface area contributed by atoms with Crippen molar-refractivity contribution in [2.75, 3.05) is 7.11 Å². The first kappa shape index (κ1) is 20.1. The molecule has 3 rings (SSSR count). The summed E-state index contributed by atoms with van der Waals surface area (Å²) in [5.41, 5.74) is 0.760. The summed E-state index contributed by atoms with van der Waals surface area (Å²) in [4.78, 5) is 19.0. The summed E-state index contributed by atoms with van der Waals surface area (Å²) >= 11 is 0. The highest BCUT2D eigenvalue weighted by molar-refractivity contribution is 5.72. The number of hydrogen-bond donors (Lipinski definition) is 0. The van der Waals surface area contributed by atoms with Crippen LogP contribution in [0.15, 0.2) is 30.3 Å². The average molecular weight is 394 g/mol. The van der Waals surface area contributed by atoms with Gasteiger partial charge >= 0.3 is 18.2 Å². The Bertz CT molecular complexity index is 816. The van der Waals surface area contributed by atoms with E-state index in [2.05, 4.69) is 14.7 Å². The van der Waals surface area contributed by atoms with E-state index in [1.165, 1.54) is 7.11 Å². The number of carbonyl (C=O) groups is 1. The predicted molar refractivity (Wildman–Crippen MR) is 94.9 cm³/mol. The summed E-state index contributed by atoms with van der Waals surface area (Å²) in [5.74, 6) is -0.355. The molecule has 1 aliphatic carbocycles. The third-order valence-electron chi connectivity index (χ3n) is 4.61. The number of hydrogen-bond acceptors (Lipinski definition) is 5. The second-order valence-corrected chi connectivity index (χ2v) is 6.80. The molecular formula is C20H21F3N2O3. The Morgan fingerprint density at radius 2 is 1.75 bits per heavy atom. The van der Waals surface area contributed by atoms with Gasteiger partial charge in [-0.25, -0.2) is 0 Å². The van der Waals surface area contributed by atoms with Crippen molar-refractivity contribution in [2.24, 2.45) is 0 Å². The Labute approximate surface area is 160 Å². The molecule has 1 aliphatic rings. The Kier molecular flexibility index (Phi) is 6.16. The van der Waals surface area contributed by atoms with Gasteiger partial charge in [0, 0.05) is 6.42 Å². The molecule has 0 unspecified atom stereocenters. The number of nitrogens with zero attached hydrogens (tertiary/aromatic N) is 2. The van der Waals surface area contributed by atoms with E-state index in [1.54, 1.807) is 24.3 Å². The topological polar surface area (TPSA) is 61.3 Å². The van der Waals surface area contributed by atoms with Gasteiger partial charge < -0.3 is 9.47 Å². The van der Waals surface area contributed by atoms with E-state index >= 15 is 0 Å². The van der Waals surface area contributed by atoms with E-state index in [1.807, 2.05) is 0 Å². The van der Waals surface area contributed by atoms with Gasteiger partial charge in [0.15, 0.2) is 5.69 Å². The highest BCUT2D eigenvalue weighted by Gasteiger charge is 2.34. The Balaban J connectivity index is 1.78. The predicted octanol–water partition coefficient (Wildman–Crippen LogP) is 4.12. The Morgan fingerprint density at radius 1 is 1.11 bits per heavy atom. The summed E-state index contributed by atoms with van der Waals surface area (Å²) in [6.07, 6.45) is -0.771. The first-order valence-corrected chi connectivity index (χ1v) is 9.10. The van der Waals surface area contributed by atoms with Crippen molar-refractivity contribution < 1.29 is 27.4 Å². The molecule has 1 saturated carbocycles. The van der Waals surface area contributed by atoms with Gasteiger partial charge in [-0.3, -0.25) is 4.79 Å². The lowest BCUT2D eigenvalue weighted by Crippen LogP contribution is -2.17. The van der Waals surface area contributed by atoms with Crippen LogP contribution in [-0.4, -0.2) is 29.2 Å². The van der Waals surface area contributed by atoms with Crippen molar-refractivity contribution in [1.29, 1.82) is 0 Å². The quantitative estimate of drug-likeness (QED) is 0.690. The van der Waals surface area contributed by atoms with Crippen molar-refractivity contribution >= 4 is 5.97 Å². The van der Waals surface area contributed by atoms with Gasteiger partial charge in [-0.05, 0) is 42.9 Å². The van der Waals surface area contributed by atoms with Gasteiger partial charge in [0.25, 0.3) is 0 Å². The number of carbonyl (C=O) groups excluding carboxylic acids is 1. The molecule has 0 saturated heterocycles. The number of esters is 1. The van der Waals surface area contributed by atoms with Crippen molar-refractivity contribution in [1.82, 2.24) is 9.97 Å². The summed E-state index contributed by atoms with van der Waals surface area (Å²) in [6.45, 7) is 0. The first-order chi connectivity index (χ1) is 13.3. The van der Waals surface area contributed by atoms with Gasteiger partial charge in [-0.15, -0.1) is 0 Å². The molecule has 0 spiro atoms. The van der Waals surface area contributed by atoms with Gasteiger partial charge in [0.2, 0.25) is 0 Å². The molecule has 1 aromatic heterocycles. The summed E-state index contributed by atoms with van der Waals surface area (Å²) in [5, 5.41) is 0. The van der Waals surface area contributed by atoms with E-state index in [9.17, 15) is 18.0 Å². The first-order valence-electron chi connectivity index (χ1n) is 9.10. The maximum absolute atomic E-state index is 13.2. The Morgan fingerprint density at radius 3 is 2.36 bits per heavy atom. The van der Waals surface area contributed by atoms with E-state index in [0.717, 1.165) is 42.9 Å². The molecule has 28 heavy (non-hydrogen) atoms. The fraction of sp³-hybridized carbons (Fsp3) is 0.450. The third kappa shape index (κ3) is 5.43. The van der Waals surface area contributed by atoms with Gasteiger partial charge in [-0.2, -0.15) is 23.1 Å². The molecular weight excluding hydrogens is 373 g/mol. The number of alkyl halides is 3. The molecule has 0 radical (unpaired) electrons. The summed E-state index contributed by atoms with van der Waals surface area (Å²) in [7, 11) is 1.31. The maximum Gasteiger partial charge on any atom is 0.433 e. The fourth-order valence-electron chi connectivity index (χ4n) is 3.14. The van der Waals surface area contributed by atoms with Gasteiger partial charge in [0.05, 0.1) is 19.2 Å². The second-order valence-electron chi connectivity index (χ2n) is 6.80. The molecule has 1 heterocycles. The molecule has 8 heteroatoms. The molecule has 2 aromatic rings. The third-order valence-corrected chi connectivity index (χ3v) is 4.61. The van der Waals surface area contributed by atoms with Crippen LogP contribution in [0.25, 0.3) is 0 Å². The van der Waals surface area contributed by atoms with E-state index < -0.39 is 11.9 Å². The zero-order valence-electron chi connectivity index (χ0n) is 15.5. The molecule has 0 amide bonds. The fourth-order valence-corrected chi connectivity index (χ4v) is 3.14. The summed E-state index contributed by atoms with van der Waals surface area (Å²) in [6, 6.07) is 7.72. The molecule has 150 valence electrons. The number of methoxy groups -OCH3 is 1. The van der Waals surface area contributed by atoms with Crippen LogP contribution in [0.3, 0.4) is 0 Å². The van der Waals surface area contributed by atoms with E-state index in [-0.39, 0.29) is 36.6 Å². The van der Waals surface area contributed by atoms with Crippen LogP contribution in [0, 0.1) is 0 Å². The molecule has 1 fully saturated rings. The number of ether oxygens (including phenoxy) is 2. The van der Waals surface area contributed by atoms with E-state index in [0.29, 0.717) is 0 Å². The minimum Gasteiger partial charge on any atom is -0.469 e. The average Bonchev–Trinajstić information content (AvgIpc) is 3.15. The molecule has 1 aromatic carbocycles. The minimum atomic E-state index is -4.57. The monoisotopic (exact) mass is 394 g/mol. The highest BCUT2D eigenvalue weighted by atomic mass is 19.4. The van der Waals surface area contributed by atoms with Crippen LogP contribution in [0.4, 0.5) is 13.2 Å². The van der Waals surface area contributed by atoms with Crippen LogP contribution < -0.4 is 4.74 Å². The van der Waals surface area contributed by atoms with Crippen LogP contribution in [0.1, 0.15) is 48.2 Å². The minimum absolute atomic E-state index is 0.131. The van der Waals surface area contributed by atoms with E-state index in [4.69, 9.17) is 4.74 Å². The second kappa shape index (κ2) is 8.58. The lowest BCUT2D eigenvalue weighted by molar-refractivity contribution is -0.142. The van der Waals surface area contributed by atoms with Crippen LogP contribution >= 0.6 is 0 Å². The largest absolute Gasteiger partial charge is 0.469 e. The van der Waals surface area contributed by atoms with Crippen molar-refractivity contribution in [2.45, 2.75) is 50.8 Å². The molecule has 0 aliphatic heterocycles. The number of aromatic nitrogens is 2. The standard InChI is InChI=1S/C20H21F3N2O3/c1-27-18(26)11-14-8-6-13(7-9-14)10-15-12-17(20(21,22)23)25-19(24-15)28-16-4-2-3-5-16/h6-9,12,16H,2-5,10-11H2,1H3. The molecule has 0 N–H and O–H groups in total. The number of halogens is 3. The smallest absolute Gasteiger partial charge is 0.433 e. The molecule has 0 atom stereocenters. The summed E-state index contributed by atoms with van der Waals surface area (Å²) < 4.78 is 49.9. The van der Waals surface area contributed by atoms with Crippen molar-refractivity contribution in [3.63, 3.8) is 0 Å². The van der Waals surface area contributed by atoms with Crippen molar-refractivity contribution in [3.05, 3.63) is 52.8 Å². The normalized spacial score (nSPS) is 14.9. The molecule has 5 nitrogen and oxygen atoms in total. The number of benzene rings is 1. The molecule has 0 bridgehead atoms. The zero-order chi connectivity index (χ0) is 20.1. The van der Waals surface area contributed by atoms with Gasteiger partial charge in [-0.1, -0.05) is 24.3 Å². The number of rotatable bonds is 6. The Hall–Kier alpha value is -2.64. The zero-order valence-corrected chi connectivity index (χ0v) is 15.5. The maximum atomic E-state index is 13.2. The van der Waals surface area contributed by atoms with Crippen LogP contribution in [0.5, 0.6) is 6.01 Å². The lowest BCUT2D eigenvalue weighted by atomic mass is 10.1. The van der Waals surface area contributed by atoms with Gasteiger partial charge in [0.1, 0.15) is 6.10 Å². The van der Waals surface area contributed by atoms with Crippen LogP contribution in [-0.2, 0) is 28.5 Å². The SMILES string of the molecule is COC(=O)Cc1ccc(Cc2cc(C(F)(F)F)nc(OC3CCCC3)n2)cc1. The van der Waals surface area contributed by atoms with Crippen LogP contribution in [0.2, 0.25) is 0 Å².